The molecule has 5 aromatic rings. The summed E-state index contributed by atoms with van der Waals surface area (Å²) >= 11 is 0. The van der Waals surface area contributed by atoms with Crippen LogP contribution in [0.25, 0.3) is 33.8 Å². The molecule has 0 radical (unpaired) electrons. The minimum Gasteiger partial charge on any atom is -0.384 e. The SMILES string of the molecule is CCn1cnc2c(NCc3ccc(-c4ccnc(C)c4)nc3)nc(-c3ccc(N)nc3)nc21. The van der Waals surface area contributed by atoms with E-state index in [4.69, 9.17) is 15.7 Å². The van der Waals surface area contributed by atoms with Crippen LogP contribution in [0.15, 0.2) is 61.3 Å². The smallest absolute Gasteiger partial charge is 0.166 e. The molecular weight excluding hydrogens is 414 g/mol. The highest BCUT2D eigenvalue weighted by Crippen LogP contribution is 2.25. The fourth-order valence-corrected chi connectivity index (χ4v) is 3.56. The number of nitrogens with zero attached hydrogens (tertiary/aromatic N) is 7. The van der Waals surface area contributed by atoms with E-state index >= 15 is 0 Å². The Morgan fingerprint density at radius 3 is 2.58 bits per heavy atom. The molecular formula is C24H23N9. The van der Waals surface area contributed by atoms with Crippen molar-refractivity contribution < 1.29 is 0 Å². The Kier molecular flexibility index (Phi) is 5.35. The molecule has 0 aliphatic rings. The van der Waals surface area contributed by atoms with Crippen molar-refractivity contribution in [3.8, 4) is 22.6 Å². The third kappa shape index (κ3) is 4.20. The maximum absolute atomic E-state index is 5.73. The van der Waals surface area contributed by atoms with E-state index in [0.29, 0.717) is 24.0 Å². The van der Waals surface area contributed by atoms with E-state index in [-0.39, 0.29) is 0 Å². The van der Waals surface area contributed by atoms with Gasteiger partial charge in [-0.15, -0.1) is 0 Å². The summed E-state index contributed by atoms with van der Waals surface area (Å²) in [4.78, 5) is 27.0. The number of imidazole rings is 1. The van der Waals surface area contributed by atoms with Crippen molar-refractivity contribution in [2.24, 2.45) is 0 Å². The van der Waals surface area contributed by atoms with Gasteiger partial charge in [-0.1, -0.05) is 6.07 Å². The number of hydrogen-bond donors (Lipinski definition) is 2. The van der Waals surface area contributed by atoms with E-state index in [1.54, 1.807) is 24.8 Å². The second-order valence-corrected chi connectivity index (χ2v) is 7.66. The van der Waals surface area contributed by atoms with Gasteiger partial charge in [0.05, 0.1) is 12.0 Å². The molecule has 0 bridgehead atoms. The van der Waals surface area contributed by atoms with E-state index in [1.165, 1.54) is 0 Å². The van der Waals surface area contributed by atoms with Crippen LogP contribution in [0, 0.1) is 6.92 Å². The fraction of sp³-hybridized carbons (Fsp3) is 0.167. The van der Waals surface area contributed by atoms with Gasteiger partial charge < -0.3 is 15.6 Å². The first-order valence-corrected chi connectivity index (χ1v) is 10.7. The summed E-state index contributed by atoms with van der Waals surface area (Å²) in [7, 11) is 0. The molecule has 0 saturated carbocycles. The molecule has 9 heteroatoms. The largest absolute Gasteiger partial charge is 0.384 e. The van der Waals surface area contributed by atoms with Crippen LogP contribution < -0.4 is 11.1 Å². The maximum atomic E-state index is 5.73. The fourth-order valence-electron chi connectivity index (χ4n) is 3.56. The lowest BCUT2D eigenvalue weighted by Crippen LogP contribution is -2.06. The first kappa shape index (κ1) is 20.5. The Morgan fingerprint density at radius 1 is 0.939 bits per heavy atom. The average Bonchev–Trinajstić information content (AvgIpc) is 3.26. The van der Waals surface area contributed by atoms with E-state index in [9.17, 15) is 0 Å². The lowest BCUT2D eigenvalue weighted by Gasteiger charge is -2.10. The minimum atomic E-state index is 0.453. The molecule has 5 heterocycles. The molecule has 5 aromatic heterocycles. The zero-order valence-electron chi connectivity index (χ0n) is 18.4. The number of aromatic nitrogens is 7. The van der Waals surface area contributed by atoms with E-state index in [0.717, 1.165) is 45.8 Å². The predicted octanol–water partition coefficient (Wildman–Crippen LogP) is 3.87. The van der Waals surface area contributed by atoms with Crippen LogP contribution in [0.5, 0.6) is 0 Å². The minimum absolute atomic E-state index is 0.453. The first-order valence-electron chi connectivity index (χ1n) is 10.7. The number of fused-ring (bicyclic) bond motifs is 1. The molecule has 0 fully saturated rings. The summed E-state index contributed by atoms with van der Waals surface area (Å²) in [6.45, 7) is 5.33. The van der Waals surface area contributed by atoms with Crippen LogP contribution in [0.4, 0.5) is 11.6 Å². The van der Waals surface area contributed by atoms with Crippen LogP contribution in [0.3, 0.4) is 0 Å². The number of nitrogens with two attached hydrogens (primary N) is 1. The molecule has 164 valence electrons. The standard InChI is InChI=1S/C24H23N9/c1-3-33-14-30-21-23(31-22(32-24(21)33)18-5-7-20(25)28-13-18)29-12-16-4-6-19(27-11-16)17-8-9-26-15(2)10-17/h4-11,13-14H,3,12H2,1-2H3,(H2,25,28)(H,29,31,32). The van der Waals surface area contributed by atoms with E-state index < -0.39 is 0 Å². The van der Waals surface area contributed by atoms with Crippen molar-refractivity contribution >= 4 is 22.8 Å². The third-order valence-corrected chi connectivity index (χ3v) is 5.33. The normalized spacial score (nSPS) is 11.1. The summed E-state index contributed by atoms with van der Waals surface area (Å²) in [5.74, 6) is 1.68. The highest BCUT2D eigenvalue weighted by atomic mass is 15.2. The highest BCUT2D eigenvalue weighted by molar-refractivity contribution is 5.85. The van der Waals surface area contributed by atoms with E-state index in [1.807, 2.05) is 42.0 Å². The van der Waals surface area contributed by atoms with Gasteiger partial charge in [-0.2, -0.15) is 0 Å². The number of nitrogen functional groups attached to an aromatic ring is 1. The number of anilines is 2. The average molecular weight is 438 g/mol. The molecule has 9 nitrogen and oxygen atoms in total. The molecule has 0 aliphatic carbocycles. The molecule has 0 atom stereocenters. The molecule has 0 unspecified atom stereocenters. The summed E-state index contributed by atoms with van der Waals surface area (Å²) < 4.78 is 1.99. The Balaban J connectivity index is 1.43. The molecule has 0 aromatic carbocycles. The summed E-state index contributed by atoms with van der Waals surface area (Å²) in [6, 6.07) is 11.7. The van der Waals surface area contributed by atoms with Crippen molar-refractivity contribution in [2.75, 3.05) is 11.1 Å². The van der Waals surface area contributed by atoms with E-state index in [2.05, 4.69) is 38.2 Å². The lowest BCUT2D eigenvalue weighted by atomic mass is 10.1. The number of pyridine rings is 3. The monoisotopic (exact) mass is 437 g/mol. The number of rotatable bonds is 6. The van der Waals surface area contributed by atoms with Gasteiger partial charge in [-0.3, -0.25) is 9.97 Å². The Hall–Kier alpha value is -4.40. The van der Waals surface area contributed by atoms with Crippen LogP contribution in [-0.4, -0.2) is 34.5 Å². The molecule has 33 heavy (non-hydrogen) atoms. The van der Waals surface area contributed by atoms with Crippen molar-refractivity contribution in [2.45, 2.75) is 26.9 Å². The van der Waals surface area contributed by atoms with Crippen molar-refractivity contribution in [3.63, 3.8) is 0 Å². The Morgan fingerprint density at radius 2 is 1.85 bits per heavy atom. The molecule has 3 N–H and O–H groups in total. The van der Waals surface area contributed by atoms with Crippen molar-refractivity contribution in [1.82, 2.24) is 34.5 Å². The number of nitrogens with one attached hydrogen (secondary N) is 1. The predicted molar refractivity (Wildman–Crippen MR) is 128 cm³/mol. The van der Waals surface area contributed by atoms with Gasteiger partial charge in [-0.25, -0.2) is 19.9 Å². The van der Waals surface area contributed by atoms with Crippen LogP contribution in [0.2, 0.25) is 0 Å². The van der Waals surface area contributed by atoms with Gasteiger partial charge in [0.25, 0.3) is 0 Å². The summed E-state index contributed by atoms with van der Waals surface area (Å²) in [5.41, 5.74) is 12.0. The maximum Gasteiger partial charge on any atom is 0.166 e. The topological polar surface area (TPSA) is 120 Å². The van der Waals surface area contributed by atoms with Gasteiger partial charge in [0.2, 0.25) is 0 Å². The van der Waals surface area contributed by atoms with Gasteiger partial charge in [-0.05, 0) is 49.7 Å². The Bertz CT molecular complexity index is 1410. The number of aryl methyl sites for hydroxylation is 2. The van der Waals surface area contributed by atoms with Crippen LogP contribution in [-0.2, 0) is 13.1 Å². The Labute approximate surface area is 190 Å². The second-order valence-electron chi connectivity index (χ2n) is 7.66. The first-order chi connectivity index (χ1) is 16.1. The quantitative estimate of drug-likeness (QED) is 0.411. The van der Waals surface area contributed by atoms with Crippen LogP contribution >= 0.6 is 0 Å². The zero-order chi connectivity index (χ0) is 22.8. The van der Waals surface area contributed by atoms with Gasteiger partial charge in [0.1, 0.15) is 11.3 Å². The molecule has 5 rings (SSSR count). The molecule has 0 aliphatic heterocycles. The number of hydrogen-bond acceptors (Lipinski definition) is 8. The van der Waals surface area contributed by atoms with Gasteiger partial charge >= 0.3 is 0 Å². The molecule has 0 saturated heterocycles. The van der Waals surface area contributed by atoms with Gasteiger partial charge in [0, 0.05) is 48.5 Å². The van der Waals surface area contributed by atoms with Crippen molar-refractivity contribution in [1.29, 1.82) is 0 Å². The second kappa shape index (κ2) is 8.62. The lowest BCUT2D eigenvalue weighted by molar-refractivity contribution is 0.777. The highest BCUT2D eigenvalue weighted by Gasteiger charge is 2.14. The van der Waals surface area contributed by atoms with Gasteiger partial charge in [0.15, 0.2) is 17.3 Å². The van der Waals surface area contributed by atoms with Crippen LogP contribution in [0.1, 0.15) is 18.2 Å². The summed E-state index contributed by atoms with van der Waals surface area (Å²) in [6.07, 6.45) is 7.12. The zero-order valence-corrected chi connectivity index (χ0v) is 18.4. The van der Waals surface area contributed by atoms with Crippen molar-refractivity contribution in [3.05, 3.63) is 72.6 Å². The summed E-state index contributed by atoms with van der Waals surface area (Å²) in [5, 5.41) is 3.41. The molecule has 0 spiro atoms. The third-order valence-electron chi connectivity index (χ3n) is 5.33. The molecule has 0 amide bonds.